The van der Waals surface area contributed by atoms with E-state index in [4.69, 9.17) is 0 Å². The Morgan fingerprint density at radius 1 is 1.18 bits per heavy atom. The molecule has 1 rings (SSSR count). The van der Waals surface area contributed by atoms with Crippen LogP contribution in [0.1, 0.15) is 32.3 Å². The molecule has 0 aliphatic rings. The van der Waals surface area contributed by atoms with E-state index in [1.807, 2.05) is 18.2 Å². The molecule has 0 amide bonds. The van der Waals surface area contributed by atoms with Crippen LogP contribution in [0.4, 0.5) is 0 Å². The first-order valence-electron chi connectivity index (χ1n) is 6.10. The second-order valence-corrected chi connectivity index (χ2v) is 6.10. The van der Waals surface area contributed by atoms with Crippen LogP contribution in [0.15, 0.2) is 24.3 Å². The Balaban J connectivity index is 2.80. The average Bonchev–Trinajstić information content (AvgIpc) is 2.30. The molecule has 0 radical (unpaired) electrons. The summed E-state index contributed by atoms with van der Waals surface area (Å²) in [5.41, 5.74) is 0.997. The quantitative estimate of drug-likeness (QED) is 0.775. The first kappa shape index (κ1) is 14.5. The van der Waals surface area contributed by atoms with E-state index in [2.05, 4.69) is 18.7 Å². The van der Waals surface area contributed by atoms with Gasteiger partial charge in [-0.2, -0.15) is 0 Å². The molecule has 0 aliphatic heterocycles. The standard InChI is InChI=1S/C13H21NO2Se/c1-3-9-14(10-4-2)11-12-7-5-6-8-13(12)17(15)16/h5-8H,3-4,9-11H2,1-2H3,(H,15,16). The van der Waals surface area contributed by atoms with Crippen molar-refractivity contribution in [3.05, 3.63) is 29.8 Å². The van der Waals surface area contributed by atoms with Crippen LogP contribution < -0.4 is 4.46 Å². The van der Waals surface area contributed by atoms with Crippen LogP contribution in [-0.2, 0) is 10.4 Å². The van der Waals surface area contributed by atoms with E-state index < -0.39 is 14.2 Å². The molecule has 0 aromatic heterocycles. The maximum absolute atomic E-state index is 11.3. The molecule has 4 heteroatoms. The molecule has 0 bridgehead atoms. The maximum atomic E-state index is 11.3. The van der Waals surface area contributed by atoms with E-state index in [-0.39, 0.29) is 0 Å². The summed E-state index contributed by atoms with van der Waals surface area (Å²) in [5.74, 6) is 0. The van der Waals surface area contributed by atoms with E-state index in [1.54, 1.807) is 6.07 Å². The van der Waals surface area contributed by atoms with E-state index in [0.29, 0.717) is 4.46 Å². The topological polar surface area (TPSA) is 40.5 Å². The molecule has 96 valence electrons. The molecule has 0 heterocycles. The van der Waals surface area contributed by atoms with E-state index in [1.165, 1.54) is 0 Å². The second-order valence-electron chi connectivity index (χ2n) is 4.13. The van der Waals surface area contributed by atoms with E-state index in [0.717, 1.165) is 38.0 Å². The zero-order valence-corrected chi connectivity index (χ0v) is 12.3. The van der Waals surface area contributed by atoms with Gasteiger partial charge in [-0.1, -0.05) is 0 Å². The summed E-state index contributed by atoms with van der Waals surface area (Å²) in [6.07, 6.45) is 2.22. The third-order valence-electron chi connectivity index (χ3n) is 2.63. The summed E-state index contributed by atoms with van der Waals surface area (Å²) in [7, 11) is 0. The molecular formula is C13H21NO2Se. The predicted molar refractivity (Wildman–Crippen MR) is 70.6 cm³/mol. The van der Waals surface area contributed by atoms with Crippen LogP contribution in [0.3, 0.4) is 0 Å². The van der Waals surface area contributed by atoms with Crippen LogP contribution in [-0.4, -0.2) is 36.3 Å². The molecule has 0 fully saturated rings. The molecule has 3 nitrogen and oxygen atoms in total. The first-order valence-corrected chi connectivity index (χ1v) is 8.42. The Morgan fingerprint density at radius 2 is 1.76 bits per heavy atom. The number of rotatable bonds is 7. The van der Waals surface area contributed by atoms with Crippen molar-refractivity contribution in [3.8, 4) is 0 Å². The number of nitrogens with zero attached hydrogens (tertiary/aromatic N) is 1. The molecule has 1 aromatic carbocycles. The van der Waals surface area contributed by atoms with Gasteiger partial charge in [0.2, 0.25) is 0 Å². The summed E-state index contributed by atoms with van der Waals surface area (Å²) >= 11 is -2.81. The van der Waals surface area contributed by atoms with Gasteiger partial charge >= 0.3 is 108 Å². The Labute approximate surface area is 108 Å². The van der Waals surface area contributed by atoms with Crippen LogP contribution in [0.2, 0.25) is 0 Å². The van der Waals surface area contributed by atoms with Crippen molar-refractivity contribution >= 4 is 18.6 Å². The summed E-state index contributed by atoms with van der Waals surface area (Å²) in [6, 6.07) is 7.48. The van der Waals surface area contributed by atoms with Crippen molar-refractivity contribution < 1.29 is 8.02 Å². The molecule has 1 unspecified atom stereocenters. The fourth-order valence-corrected chi connectivity index (χ4v) is 3.11. The van der Waals surface area contributed by atoms with Gasteiger partial charge in [-0.05, 0) is 0 Å². The van der Waals surface area contributed by atoms with Gasteiger partial charge in [-0.25, -0.2) is 0 Å². The summed E-state index contributed by atoms with van der Waals surface area (Å²) < 4.78 is 21.3. The van der Waals surface area contributed by atoms with Gasteiger partial charge < -0.3 is 0 Å². The van der Waals surface area contributed by atoms with Crippen molar-refractivity contribution in [1.29, 1.82) is 0 Å². The van der Waals surface area contributed by atoms with Gasteiger partial charge in [-0.3, -0.25) is 0 Å². The molecule has 0 saturated heterocycles. The zero-order chi connectivity index (χ0) is 12.7. The summed E-state index contributed by atoms with van der Waals surface area (Å²) in [6.45, 7) is 7.17. The van der Waals surface area contributed by atoms with Crippen molar-refractivity contribution in [3.63, 3.8) is 0 Å². The Bertz CT molecular complexity index is 362. The fourth-order valence-electron chi connectivity index (χ4n) is 1.95. The third-order valence-corrected chi connectivity index (χ3v) is 4.26. The Morgan fingerprint density at radius 3 is 2.29 bits per heavy atom. The van der Waals surface area contributed by atoms with Gasteiger partial charge in [0, 0.05) is 0 Å². The molecular weight excluding hydrogens is 281 g/mol. The molecule has 17 heavy (non-hydrogen) atoms. The SMILES string of the molecule is CCCN(CCC)Cc1ccccc1[Se](=O)O. The average molecular weight is 302 g/mol. The molecule has 0 aliphatic carbocycles. The van der Waals surface area contributed by atoms with E-state index in [9.17, 15) is 8.02 Å². The van der Waals surface area contributed by atoms with Gasteiger partial charge in [0.05, 0.1) is 0 Å². The van der Waals surface area contributed by atoms with Crippen molar-refractivity contribution in [1.82, 2.24) is 4.90 Å². The molecule has 1 N–H and O–H groups in total. The second kappa shape index (κ2) is 7.72. The number of hydrogen-bond acceptors (Lipinski definition) is 2. The van der Waals surface area contributed by atoms with Crippen molar-refractivity contribution in [2.45, 2.75) is 33.2 Å². The van der Waals surface area contributed by atoms with E-state index >= 15 is 0 Å². The Kier molecular flexibility index (Phi) is 6.60. The van der Waals surface area contributed by atoms with Gasteiger partial charge in [0.25, 0.3) is 0 Å². The van der Waals surface area contributed by atoms with Gasteiger partial charge in [0.1, 0.15) is 0 Å². The monoisotopic (exact) mass is 303 g/mol. The number of hydrogen-bond donors (Lipinski definition) is 1. The predicted octanol–water partition coefficient (Wildman–Crippen LogP) is 1.43. The Hall–Kier alpha value is -0.541. The third kappa shape index (κ3) is 4.68. The van der Waals surface area contributed by atoms with Gasteiger partial charge in [0.15, 0.2) is 0 Å². The van der Waals surface area contributed by atoms with Crippen molar-refractivity contribution in [2.24, 2.45) is 0 Å². The molecule has 1 atom stereocenters. The van der Waals surface area contributed by atoms with Crippen LogP contribution >= 0.6 is 0 Å². The molecule has 1 aromatic rings. The summed E-state index contributed by atoms with van der Waals surface area (Å²) in [5, 5.41) is 0. The minimum absolute atomic E-state index is 0.629. The normalized spacial score (nSPS) is 12.9. The zero-order valence-electron chi connectivity index (χ0n) is 10.6. The number of benzene rings is 1. The first-order chi connectivity index (χ1) is 8.19. The molecule has 0 saturated carbocycles. The van der Waals surface area contributed by atoms with Crippen molar-refractivity contribution in [2.75, 3.05) is 13.1 Å². The molecule has 0 spiro atoms. The van der Waals surface area contributed by atoms with Gasteiger partial charge in [-0.15, -0.1) is 0 Å². The minimum atomic E-state index is -2.81. The van der Waals surface area contributed by atoms with Crippen LogP contribution in [0.5, 0.6) is 0 Å². The fraction of sp³-hybridized carbons (Fsp3) is 0.538. The summed E-state index contributed by atoms with van der Waals surface area (Å²) in [4.78, 5) is 2.34. The van der Waals surface area contributed by atoms with Crippen LogP contribution in [0, 0.1) is 0 Å². The van der Waals surface area contributed by atoms with Crippen LogP contribution in [0.25, 0.3) is 0 Å².